The Labute approximate surface area is 230 Å². The summed E-state index contributed by atoms with van der Waals surface area (Å²) in [6.07, 6.45) is 0. The fourth-order valence-electron chi connectivity index (χ4n) is 3.92. The highest BCUT2D eigenvalue weighted by molar-refractivity contribution is 8.00. The van der Waals surface area contributed by atoms with Gasteiger partial charge in [-0.1, -0.05) is 66.5 Å². The topological polar surface area (TPSA) is 77.2 Å². The van der Waals surface area contributed by atoms with Gasteiger partial charge in [0.25, 0.3) is 0 Å². The Bertz CT molecular complexity index is 1400. The van der Waals surface area contributed by atoms with Crippen molar-refractivity contribution in [3.63, 3.8) is 0 Å². The van der Waals surface area contributed by atoms with Crippen LogP contribution in [0.3, 0.4) is 0 Å². The molecule has 3 aromatic carbocycles. The van der Waals surface area contributed by atoms with Gasteiger partial charge in [0, 0.05) is 9.64 Å². The van der Waals surface area contributed by atoms with Crippen LogP contribution in [0.2, 0.25) is 10.0 Å². The number of carbonyl (C=O) groups is 1. The van der Waals surface area contributed by atoms with Crippen molar-refractivity contribution in [1.29, 1.82) is 0 Å². The Balaban J connectivity index is 1.53. The van der Waals surface area contributed by atoms with Crippen LogP contribution in [0.15, 0.2) is 71.6 Å². The molecule has 0 amide bonds. The highest BCUT2D eigenvalue weighted by Crippen LogP contribution is 2.41. The van der Waals surface area contributed by atoms with Crippen molar-refractivity contribution in [2.75, 3.05) is 0 Å². The number of carboxylic acid groups (broad SMARTS) is 1. The lowest BCUT2D eigenvalue weighted by atomic mass is 10.0. The number of rotatable bonds is 9. The molecule has 0 radical (unpaired) electrons. The van der Waals surface area contributed by atoms with Crippen LogP contribution in [0, 0.1) is 0 Å². The zero-order valence-electron chi connectivity index (χ0n) is 20.9. The highest BCUT2D eigenvalue weighted by Gasteiger charge is 2.24. The molecule has 0 aliphatic heterocycles. The number of hydrogen-bond acceptors (Lipinski definition) is 5. The quantitative estimate of drug-likeness (QED) is 0.211. The van der Waals surface area contributed by atoms with Gasteiger partial charge in [-0.25, -0.2) is 9.48 Å². The van der Waals surface area contributed by atoms with Gasteiger partial charge in [0.1, 0.15) is 23.7 Å². The van der Waals surface area contributed by atoms with E-state index in [9.17, 15) is 9.90 Å². The molecule has 1 aromatic heterocycles. The van der Waals surface area contributed by atoms with Crippen LogP contribution in [0.25, 0.3) is 5.69 Å². The summed E-state index contributed by atoms with van der Waals surface area (Å²) >= 11 is 14.5. The molecular formula is C28H27Cl2N3O3S. The summed E-state index contributed by atoms with van der Waals surface area (Å²) in [7, 11) is 0. The largest absolute Gasteiger partial charge is 0.487 e. The van der Waals surface area contributed by atoms with E-state index in [1.54, 1.807) is 52.8 Å². The predicted molar refractivity (Wildman–Crippen MR) is 149 cm³/mol. The molecule has 37 heavy (non-hydrogen) atoms. The number of nitrogens with zero attached hydrogens (tertiary/aromatic N) is 3. The molecule has 4 rings (SSSR count). The maximum atomic E-state index is 11.3. The summed E-state index contributed by atoms with van der Waals surface area (Å²) in [5.74, 6) is -0.102. The second-order valence-corrected chi connectivity index (χ2v) is 11.8. The van der Waals surface area contributed by atoms with E-state index >= 15 is 0 Å². The van der Waals surface area contributed by atoms with E-state index in [1.807, 2.05) is 44.2 Å². The molecule has 1 N–H and O–H groups in total. The van der Waals surface area contributed by atoms with Crippen molar-refractivity contribution in [3.8, 4) is 11.4 Å². The monoisotopic (exact) mass is 555 g/mol. The minimum atomic E-state index is -0.935. The van der Waals surface area contributed by atoms with Crippen LogP contribution in [0.1, 0.15) is 60.9 Å². The molecule has 0 saturated heterocycles. The van der Waals surface area contributed by atoms with E-state index in [4.69, 9.17) is 27.9 Å². The van der Waals surface area contributed by atoms with Crippen LogP contribution < -0.4 is 4.74 Å². The Hall–Kier alpha value is -3.00. The molecular weight excluding hydrogens is 529 g/mol. The second kappa shape index (κ2) is 11.2. The van der Waals surface area contributed by atoms with Crippen molar-refractivity contribution < 1.29 is 14.6 Å². The third-order valence-corrected chi connectivity index (χ3v) is 7.71. The third-order valence-electron chi connectivity index (χ3n) is 5.87. The van der Waals surface area contributed by atoms with Crippen molar-refractivity contribution in [2.45, 2.75) is 49.9 Å². The first-order chi connectivity index (χ1) is 17.6. The Morgan fingerprint density at radius 3 is 2.32 bits per heavy atom. The minimum absolute atomic E-state index is 0.133. The fourth-order valence-corrected chi connectivity index (χ4v) is 5.65. The first-order valence-electron chi connectivity index (χ1n) is 11.7. The molecule has 0 fully saturated rings. The van der Waals surface area contributed by atoms with Crippen LogP contribution in [0.4, 0.5) is 0 Å². The molecule has 0 atom stereocenters. The number of aromatic carboxylic acids is 1. The average molecular weight is 557 g/mol. The van der Waals surface area contributed by atoms with Crippen LogP contribution in [-0.4, -0.2) is 26.1 Å². The van der Waals surface area contributed by atoms with E-state index in [2.05, 4.69) is 24.2 Å². The number of benzene rings is 3. The summed E-state index contributed by atoms with van der Waals surface area (Å²) in [6.45, 7) is 8.54. The number of thioether (sulfide) groups is 1. The van der Waals surface area contributed by atoms with E-state index in [0.29, 0.717) is 21.5 Å². The summed E-state index contributed by atoms with van der Waals surface area (Å²) in [5.41, 5.74) is 3.53. The Kier molecular flexibility index (Phi) is 8.17. The number of carboxylic acids is 1. The van der Waals surface area contributed by atoms with Gasteiger partial charge in [-0.2, -0.15) is 0 Å². The van der Waals surface area contributed by atoms with E-state index in [0.717, 1.165) is 21.8 Å². The van der Waals surface area contributed by atoms with Gasteiger partial charge in [-0.3, -0.25) is 0 Å². The first kappa shape index (κ1) is 27.0. The fraction of sp³-hybridized carbons (Fsp3) is 0.250. The molecule has 0 aliphatic carbocycles. The molecule has 4 aromatic rings. The summed E-state index contributed by atoms with van der Waals surface area (Å²) < 4.78 is 7.52. The summed E-state index contributed by atoms with van der Waals surface area (Å²) in [5, 5.41) is 18.9. The maximum absolute atomic E-state index is 11.3. The van der Waals surface area contributed by atoms with Crippen LogP contribution in [0.5, 0.6) is 5.75 Å². The molecule has 9 heteroatoms. The molecule has 0 spiro atoms. The molecule has 192 valence electrons. The molecule has 6 nitrogen and oxygen atoms in total. The van der Waals surface area contributed by atoms with Crippen molar-refractivity contribution in [2.24, 2.45) is 0 Å². The lowest BCUT2D eigenvalue weighted by molar-refractivity contribution is 0.0696. The lowest BCUT2D eigenvalue weighted by Crippen LogP contribution is -2.12. The van der Waals surface area contributed by atoms with Gasteiger partial charge in [-0.05, 0) is 67.8 Å². The maximum Gasteiger partial charge on any atom is 0.335 e. The van der Waals surface area contributed by atoms with Gasteiger partial charge >= 0.3 is 5.97 Å². The SMILES string of the molecule is CC(C)c1nnn(-c2c(Cl)cccc2Cl)c1COc1ccc(C(C)(C)Sc2cccc(C(=O)O)c2)cc1. The minimum Gasteiger partial charge on any atom is -0.487 e. The van der Waals surface area contributed by atoms with E-state index < -0.39 is 5.97 Å². The van der Waals surface area contributed by atoms with E-state index in [-0.39, 0.29) is 22.8 Å². The van der Waals surface area contributed by atoms with Gasteiger partial charge in [0.05, 0.1) is 21.3 Å². The van der Waals surface area contributed by atoms with Crippen molar-refractivity contribution in [3.05, 3.63) is 99.3 Å². The third kappa shape index (κ3) is 6.12. The molecule has 0 bridgehead atoms. The molecule has 0 aliphatic rings. The summed E-state index contributed by atoms with van der Waals surface area (Å²) in [6, 6.07) is 20.2. The molecule has 0 saturated carbocycles. The average Bonchev–Trinajstić information content (AvgIpc) is 3.26. The van der Waals surface area contributed by atoms with Crippen LogP contribution >= 0.6 is 35.0 Å². The van der Waals surface area contributed by atoms with Crippen molar-refractivity contribution >= 4 is 40.9 Å². The number of ether oxygens (including phenoxy) is 1. The zero-order chi connectivity index (χ0) is 26.7. The molecule has 0 unspecified atom stereocenters. The predicted octanol–water partition coefficient (Wildman–Crippen LogP) is 8.00. The highest BCUT2D eigenvalue weighted by atomic mass is 35.5. The zero-order valence-corrected chi connectivity index (χ0v) is 23.2. The number of aromatic nitrogens is 3. The molecule has 1 heterocycles. The standard InChI is InChI=1S/C28H27Cl2N3O3S/c1-17(2)25-24(33(32-31-25)26-22(29)9-6-10-23(26)30)16-36-20-13-11-19(12-14-20)28(3,4)37-21-8-5-7-18(15-21)27(34)35/h5-15,17H,16H2,1-4H3,(H,34,35). The first-order valence-corrected chi connectivity index (χ1v) is 13.3. The van der Waals surface area contributed by atoms with Crippen LogP contribution in [-0.2, 0) is 11.4 Å². The van der Waals surface area contributed by atoms with Gasteiger partial charge in [0.2, 0.25) is 0 Å². The van der Waals surface area contributed by atoms with E-state index in [1.165, 1.54) is 0 Å². The van der Waals surface area contributed by atoms with Crippen molar-refractivity contribution in [1.82, 2.24) is 15.0 Å². The number of halogens is 2. The lowest BCUT2D eigenvalue weighted by Gasteiger charge is -2.25. The Morgan fingerprint density at radius 2 is 1.70 bits per heavy atom. The normalized spacial score (nSPS) is 11.6. The van der Waals surface area contributed by atoms with Gasteiger partial charge in [0.15, 0.2) is 0 Å². The summed E-state index contributed by atoms with van der Waals surface area (Å²) in [4.78, 5) is 12.2. The number of hydrogen-bond donors (Lipinski definition) is 1. The van der Waals surface area contributed by atoms with Gasteiger partial charge < -0.3 is 9.84 Å². The van der Waals surface area contributed by atoms with Gasteiger partial charge in [-0.15, -0.1) is 16.9 Å². The number of para-hydroxylation sites is 1. The smallest absolute Gasteiger partial charge is 0.335 e. The Morgan fingerprint density at radius 1 is 1.05 bits per heavy atom. The second-order valence-electron chi connectivity index (χ2n) is 9.32.